The van der Waals surface area contributed by atoms with Crippen molar-refractivity contribution in [1.82, 2.24) is 15.2 Å². The molecule has 20 heavy (non-hydrogen) atoms. The molecule has 108 valence electrons. The summed E-state index contributed by atoms with van der Waals surface area (Å²) < 4.78 is 5.12. The Hall–Kier alpha value is -2.04. The van der Waals surface area contributed by atoms with Crippen LogP contribution in [-0.2, 0) is 10.2 Å². The second-order valence-electron chi connectivity index (χ2n) is 5.81. The largest absolute Gasteiger partial charge is 0.462 e. The van der Waals surface area contributed by atoms with Gasteiger partial charge in [0.2, 0.25) is 0 Å². The summed E-state index contributed by atoms with van der Waals surface area (Å²) in [5, 5.41) is 7.15. The molecule has 0 aromatic carbocycles. The zero-order valence-electron chi connectivity index (χ0n) is 12.6. The quantitative estimate of drug-likeness (QED) is 0.845. The van der Waals surface area contributed by atoms with Crippen molar-refractivity contribution in [3.63, 3.8) is 0 Å². The van der Waals surface area contributed by atoms with Crippen molar-refractivity contribution in [3.05, 3.63) is 29.1 Å². The van der Waals surface area contributed by atoms with Crippen molar-refractivity contribution in [2.75, 3.05) is 6.61 Å². The summed E-state index contributed by atoms with van der Waals surface area (Å²) in [4.78, 5) is 15.3. The van der Waals surface area contributed by atoms with Crippen LogP contribution >= 0.6 is 0 Å². The summed E-state index contributed by atoms with van der Waals surface area (Å²) in [6, 6.07) is 2.02. The van der Waals surface area contributed by atoms with Crippen LogP contribution < -0.4 is 0 Å². The molecule has 2 aromatic heterocycles. The van der Waals surface area contributed by atoms with Gasteiger partial charge in [-0.05, 0) is 30.9 Å². The van der Waals surface area contributed by atoms with Gasteiger partial charge in [0, 0.05) is 11.9 Å². The first-order valence-electron chi connectivity index (χ1n) is 6.76. The van der Waals surface area contributed by atoms with E-state index >= 15 is 0 Å². The highest BCUT2D eigenvalue weighted by Gasteiger charge is 2.26. The maximum Gasteiger partial charge on any atom is 0.342 e. The van der Waals surface area contributed by atoms with Gasteiger partial charge in [-0.25, -0.2) is 4.79 Å². The van der Waals surface area contributed by atoms with Gasteiger partial charge in [-0.1, -0.05) is 20.8 Å². The molecule has 0 fully saturated rings. The summed E-state index contributed by atoms with van der Waals surface area (Å²) in [6.07, 6.45) is 1.87. The van der Waals surface area contributed by atoms with E-state index < -0.39 is 0 Å². The molecule has 0 bridgehead atoms. The van der Waals surface area contributed by atoms with Crippen LogP contribution in [0.2, 0.25) is 0 Å². The van der Waals surface area contributed by atoms with Crippen LogP contribution in [0, 0.1) is 6.92 Å². The van der Waals surface area contributed by atoms with Crippen molar-refractivity contribution in [1.29, 1.82) is 0 Å². The van der Waals surface area contributed by atoms with Crippen molar-refractivity contribution >= 4 is 5.97 Å². The summed E-state index contributed by atoms with van der Waals surface area (Å²) in [5.41, 5.74) is 3.79. The van der Waals surface area contributed by atoms with Crippen LogP contribution in [0.1, 0.15) is 49.3 Å². The summed E-state index contributed by atoms with van der Waals surface area (Å²) >= 11 is 0. The van der Waals surface area contributed by atoms with Gasteiger partial charge in [0.05, 0.1) is 12.3 Å². The molecule has 0 radical (unpaired) electrons. The van der Waals surface area contributed by atoms with E-state index in [-0.39, 0.29) is 11.4 Å². The Morgan fingerprint density at radius 3 is 2.70 bits per heavy atom. The number of carbonyl (C=O) groups is 1. The second-order valence-corrected chi connectivity index (χ2v) is 5.81. The number of ether oxygens (including phenoxy) is 1. The van der Waals surface area contributed by atoms with Crippen LogP contribution in [0.3, 0.4) is 0 Å². The minimum absolute atomic E-state index is 0.0336. The predicted molar refractivity (Wildman–Crippen MR) is 77.8 cm³/mol. The van der Waals surface area contributed by atoms with Gasteiger partial charge < -0.3 is 9.72 Å². The van der Waals surface area contributed by atoms with E-state index in [1.807, 2.05) is 19.2 Å². The maximum absolute atomic E-state index is 12.1. The van der Waals surface area contributed by atoms with E-state index in [0.717, 1.165) is 11.3 Å². The van der Waals surface area contributed by atoms with Crippen molar-refractivity contribution in [3.8, 4) is 11.4 Å². The zero-order valence-corrected chi connectivity index (χ0v) is 12.6. The van der Waals surface area contributed by atoms with Crippen LogP contribution in [0.15, 0.2) is 12.3 Å². The first kappa shape index (κ1) is 14.4. The lowest BCUT2D eigenvalue weighted by Gasteiger charge is -2.19. The molecule has 0 aliphatic carbocycles. The molecule has 0 saturated heterocycles. The summed E-state index contributed by atoms with van der Waals surface area (Å²) in [7, 11) is 0. The van der Waals surface area contributed by atoms with E-state index in [0.29, 0.717) is 23.6 Å². The first-order chi connectivity index (χ1) is 9.36. The molecule has 2 rings (SSSR count). The number of nitrogens with one attached hydrogen (secondary N) is 2. The topological polar surface area (TPSA) is 70.8 Å². The fourth-order valence-corrected chi connectivity index (χ4v) is 2.25. The molecule has 2 heterocycles. The van der Waals surface area contributed by atoms with Crippen molar-refractivity contribution in [2.45, 2.75) is 40.0 Å². The Morgan fingerprint density at radius 1 is 1.40 bits per heavy atom. The number of aromatic nitrogens is 3. The molecule has 0 atom stereocenters. The molecule has 5 heteroatoms. The number of hydrogen-bond acceptors (Lipinski definition) is 3. The monoisotopic (exact) mass is 275 g/mol. The fourth-order valence-electron chi connectivity index (χ4n) is 2.25. The summed E-state index contributed by atoms with van der Waals surface area (Å²) in [5.74, 6) is -0.344. The minimum atomic E-state index is -0.344. The molecule has 0 unspecified atom stereocenters. The van der Waals surface area contributed by atoms with Gasteiger partial charge in [-0.3, -0.25) is 5.10 Å². The number of H-pyrrole nitrogens is 2. The standard InChI is InChI=1S/C15H21N3O2/c1-6-20-14(19)11-9(2)17-18-13(11)12-10(7-8-16-12)15(3,4)5/h7-8,16H,6H2,1-5H3,(H,17,18). The smallest absolute Gasteiger partial charge is 0.342 e. The molecule has 2 aromatic rings. The van der Waals surface area contributed by atoms with Gasteiger partial charge in [0.15, 0.2) is 0 Å². The zero-order chi connectivity index (χ0) is 14.9. The third-order valence-corrected chi connectivity index (χ3v) is 3.22. The molecular formula is C15H21N3O2. The number of carbonyl (C=O) groups excluding carboxylic acids is 1. The van der Waals surface area contributed by atoms with Crippen LogP contribution in [-0.4, -0.2) is 27.8 Å². The van der Waals surface area contributed by atoms with Crippen LogP contribution in [0.25, 0.3) is 11.4 Å². The van der Waals surface area contributed by atoms with E-state index in [2.05, 4.69) is 36.0 Å². The lowest BCUT2D eigenvalue weighted by molar-refractivity contribution is 0.0526. The fraction of sp³-hybridized carbons (Fsp3) is 0.467. The van der Waals surface area contributed by atoms with Crippen LogP contribution in [0.5, 0.6) is 0 Å². The minimum Gasteiger partial charge on any atom is -0.462 e. The number of nitrogens with zero attached hydrogens (tertiary/aromatic N) is 1. The average Bonchev–Trinajstić information content (AvgIpc) is 2.93. The maximum atomic E-state index is 12.1. The molecule has 2 N–H and O–H groups in total. The third-order valence-electron chi connectivity index (χ3n) is 3.22. The summed E-state index contributed by atoms with van der Waals surface area (Å²) in [6.45, 7) is 10.3. The van der Waals surface area contributed by atoms with Crippen molar-refractivity contribution < 1.29 is 9.53 Å². The molecular weight excluding hydrogens is 254 g/mol. The molecule has 0 saturated carbocycles. The number of esters is 1. The predicted octanol–water partition coefficient (Wildman–Crippen LogP) is 3.19. The van der Waals surface area contributed by atoms with E-state index in [9.17, 15) is 4.79 Å². The van der Waals surface area contributed by atoms with Gasteiger partial charge in [0.1, 0.15) is 11.3 Å². The Labute approximate surface area is 118 Å². The highest BCUT2D eigenvalue weighted by atomic mass is 16.5. The molecule has 0 amide bonds. The van der Waals surface area contributed by atoms with Crippen LogP contribution in [0.4, 0.5) is 0 Å². The number of hydrogen-bond donors (Lipinski definition) is 2. The highest BCUT2D eigenvalue weighted by Crippen LogP contribution is 2.33. The second kappa shape index (κ2) is 5.15. The molecule has 5 nitrogen and oxygen atoms in total. The van der Waals surface area contributed by atoms with E-state index in [1.54, 1.807) is 6.92 Å². The number of aromatic amines is 2. The molecule has 0 aliphatic rings. The highest BCUT2D eigenvalue weighted by molar-refractivity contribution is 5.97. The van der Waals surface area contributed by atoms with Gasteiger partial charge in [-0.15, -0.1) is 0 Å². The van der Waals surface area contributed by atoms with Gasteiger partial charge >= 0.3 is 5.97 Å². The Morgan fingerprint density at radius 2 is 2.10 bits per heavy atom. The number of aryl methyl sites for hydroxylation is 1. The normalized spacial score (nSPS) is 11.7. The third kappa shape index (κ3) is 2.48. The van der Waals surface area contributed by atoms with E-state index in [4.69, 9.17) is 4.74 Å². The Bertz CT molecular complexity index is 617. The SMILES string of the molecule is CCOC(=O)c1c(-c2[nH]ccc2C(C)(C)C)n[nH]c1C. The lowest BCUT2D eigenvalue weighted by Crippen LogP contribution is -2.13. The molecule has 0 spiro atoms. The lowest BCUT2D eigenvalue weighted by atomic mass is 9.86. The first-order valence-corrected chi connectivity index (χ1v) is 6.76. The van der Waals surface area contributed by atoms with Crippen molar-refractivity contribution in [2.24, 2.45) is 0 Å². The number of rotatable bonds is 3. The Balaban J connectivity index is 2.55. The Kier molecular flexibility index (Phi) is 3.70. The van der Waals surface area contributed by atoms with Gasteiger partial charge in [-0.2, -0.15) is 5.10 Å². The molecule has 0 aliphatic heterocycles. The van der Waals surface area contributed by atoms with E-state index in [1.165, 1.54) is 0 Å². The average molecular weight is 275 g/mol. The van der Waals surface area contributed by atoms with Gasteiger partial charge in [0.25, 0.3) is 0 Å².